The van der Waals surface area contributed by atoms with Crippen molar-refractivity contribution in [1.82, 2.24) is 0 Å². The Balaban J connectivity index is 2.00. The van der Waals surface area contributed by atoms with Crippen molar-refractivity contribution >= 4 is 17.3 Å². The molecular formula is C16H17FN2O3. The fourth-order valence-electron chi connectivity index (χ4n) is 1.78. The first-order valence-corrected chi connectivity index (χ1v) is 6.66. The lowest BCUT2D eigenvalue weighted by Gasteiger charge is -2.15. The minimum Gasteiger partial charge on any atom is -0.497 e. The molecule has 0 radical (unpaired) electrons. The van der Waals surface area contributed by atoms with Gasteiger partial charge in [-0.1, -0.05) is 0 Å². The van der Waals surface area contributed by atoms with Crippen LogP contribution in [0.1, 0.15) is 6.92 Å². The van der Waals surface area contributed by atoms with Gasteiger partial charge in [0.15, 0.2) is 6.10 Å². The number of carbonyl (C=O) groups is 1. The first-order chi connectivity index (χ1) is 10.5. The molecule has 0 aliphatic heterocycles. The van der Waals surface area contributed by atoms with Gasteiger partial charge >= 0.3 is 0 Å². The van der Waals surface area contributed by atoms with E-state index in [1.54, 1.807) is 38.3 Å². The second-order valence-corrected chi connectivity index (χ2v) is 4.66. The third kappa shape index (κ3) is 3.88. The van der Waals surface area contributed by atoms with E-state index in [-0.39, 0.29) is 5.69 Å². The van der Waals surface area contributed by atoms with Crippen LogP contribution in [0.2, 0.25) is 0 Å². The van der Waals surface area contributed by atoms with Crippen molar-refractivity contribution < 1.29 is 18.7 Å². The highest BCUT2D eigenvalue weighted by molar-refractivity contribution is 5.94. The topological polar surface area (TPSA) is 73.6 Å². The van der Waals surface area contributed by atoms with Crippen molar-refractivity contribution in [2.75, 3.05) is 18.2 Å². The van der Waals surface area contributed by atoms with Gasteiger partial charge in [0.05, 0.1) is 12.8 Å². The molecule has 22 heavy (non-hydrogen) atoms. The predicted molar refractivity (Wildman–Crippen MR) is 82.5 cm³/mol. The van der Waals surface area contributed by atoms with E-state index in [4.69, 9.17) is 15.2 Å². The van der Waals surface area contributed by atoms with E-state index in [1.165, 1.54) is 18.2 Å². The van der Waals surface area contributed by atoms with Gasteiger partial charge in [0, 0.05) is 5.69 Å². The Morgan fingerprint density at radius 3 is 2.45 bits per heavy atom. The van der Waals surface area contributed by atoms with Crippen LogP contribution in [0.4, 0.5) is 15.8 Å². The van der Waals surface area contributed by atoms with Gasteiger partial charge in [0.2, 0.25) is 0 Å². The van der Waals surface area contributed by atoms with Crippen molar-refractivity contribution in [3.8, 4) is 11.5 Å². The molecule has 0 spiro atoms. The number of halogens is 1. The number of nitrogens with one attached hydrogen (secondary N) is 1. The molecule has 1 amide bonds. The maximum Gasteiger partial charge on any atom is 0.265 e. The lowest BCUT2D eigenvalue weighted by atomic mass is 10.2. The minimum atomic E-state index is -0.797. The van der Waals surface area contributed by atoms with Crippen molar-refractivity contribution in [3.63, 3.8) is 0 Å². The van der Waals surface area contributed by atoms with Gasteiger partial charge in [0.1, 0.15) is 17.3 Å². The lowest BCUT2D eigenvalue weighted by molar-refractivity contribution is -0.122. The average molecular weight is 304 g/mol. The number of nitrogens with two attached hydrogens (primary N) is 1. The molecule has 0 aliphatic carbocycles. The molecule has 2 rings (SSSR count). The van der Waals surface area contributed by atoms with E-state index in [0.29, 0.717) is 17.2 Å². The summed E-state index contributed by atoms with van der Waals surface area (Å²) in [5.74, 6) is 0.169. The maximum absolute atomic E-state index is 13.6. The summed E-state index contributed by atoms with van der Waals surface area (Å²) in [5.41, 5.74) is 5.95. The molecule has 6 heteroatoms. The summed E-state index contributed by atoms with van der Waals surface area (Å²) in [6.07, 6.45) is -0.797. The highest BCUT2D eigenvalue weighted by Gasteiger charge is 2.16. The zero-order valence-electron chi connectivity index (χ0n) is 12.3. The monoisotopic (exact) mass is 304 g/mol. The van der Waals surface area contributed by atoms with E-state index in [9.17, 15) is 9.18 Å². The molecule has 0 fully saturated rings. The van der Waals surface area contributed by atoms with Crippen molar-refractivity contribution in [2.24, 2.45) is 0 Å². The van der Waals surface area contributed by atoms with Crippen LogP contribution in [-0.4, -0.2) is 19.1 Å². The zero-order valence-corrected chi connectivity index (χ0v) is 12.3. The lowest BCUT2D eigenvalue weighted by Crippen LogP contribution is -2.30. The van der Waals surface area contributed by atoms with Crippen molar-refractivity contribution in [1.29, 1.82) is 0 Å². The Kier molecular flexibility index (Phi) is 4.83. The molecule has 2 aromatic rings. The van der Waals surface area contributed by atoms with Crippen molar-refractivity contribution in [3.05, 3.63) is 48.3 Å². The Hall–Kier alpha value is -2.76. The number of hydrogen-bond acceptors (Lipinski definition) is 4. The minimum absolute atomic E-state index is 0.0233. The van der Waals surface area contributed by atoms with E-state index in [1.807, 2.05) is 0 Å². The SMILES string of the molecule is COc1ccc(O[C@@H](C)C(=O)Nc2cc(N)ccc2F)cc1. The second-order valence-electron chi connectivity index (χ2n) is 4.66. The number of carbonyl (C=O) groups excluding carboxylic acids is 1. The second kappa shape index (κ2) is 6.80. The number of amides is 1. The van der Waals surface area contributed by atoms with Crippen LogP contribution < -0.4 is 20.5 Å². The molecule has 0 saturated heterocycles. The van der Waals surface area contributed by atoms with Crippen molar-refractivity contribution in [2.45, 2.75) is 13.0 Å². The summed E-state index contributed by atoms with van der Waals surface area (Å²) in [6.45, 7) is 1.57. The van der Waals surface area contributed by atoms with E-state index in [2.05, 4.69) is 5.32 Å². The molecule has 2 aromatic carbocycles. The molecule has 0 unspecified atom stereocenters. The third-order valence-electron chi connectivity index (χ3n) is 2.99. The Morgan fingerprint density at radius 2 is 1.82 bits per heavy atom. The van der Waals surface area contributed by atoms with Crippen LogP contribution in [0.15, 0.2) is 42.5 Å². The third-order valence-corrected chi connectivity index (χ3v) is 2.99. The Labute approximate surface area is 127 Å². The van der Waals surface area contributed by atoms with Gasteiger partial charge in [-0.25, -0.2) is 4.39 Å². The van der Waals surface area contributed by atoms with Crippen LogP contribution in [0.3, 0.4) is 0 Å². The van der Waals surface area contributed by atoms with Gasteiger partial charge in [-0.2, -0.15) is 0 Å². The molecule has 0 aliphatic rings. The first-order valence-electron chi connectivity index (χ1n) is 6.66. The molecule has 0 aromatic heterocycles. The van der Waals surface area contributed by atoms with Crippen LogP contribution in [0, 0.1) is 5.82 Å². The number of hydrogen-bond donors (Lipinski definition) is 2. The number of benzene rings is 2. The normalized spacial score (nSPS) is 11.6. The van der Waals surface area contributed by atoms with Crippen LogP contribution in [0.5, 0.6) is 11.5 Å². The zero-order chi connectivity index (χ0) is 16.1. The standard InChI is InChI=1S/C16H17FN2O3/c1-10(22-13-6-4-12(21-2)5-7-13)16(20)19-15-9-11(18)3-8-14(15)17/h3-10H,18H2,1-2H3,(H,19,20)/t10-/m0/s1. The fourth-order valence-corrected chi connectivity index (χ4v) is 1.78. The van der Waals surface area contributed by atoms with E-state index < -0.39 is 17.8 Å². The first kappa shape index (κ1) is 15.6. The summed E-state index contributed by atoms with van der Waals surface area (Å²) >= 11 is 0. The molecule has 0 heterocycles. The number of rotatable bonds is 5. The summed E-state index contributed by atoms with van der Waals surface area (Å²) in [4.78, 5) is 12.0. The molecular weight excluding hydrogens is 287 g/mol. The fraction of sp³-hybridized carbons (Fsp3) is 0.188. The number of anilines is 2. The smallest absolute Gasteiger partial charge is 0.265 e. The molecule has 0 saturated carbocycles. The summed E-state index contributed by atoms with van der Waals surface area (Å²) in [6, 6.07) is 10.8. The number of methoxy groups -OCH3 is 1. The summed E-state index contributed by atoms with van der Waals surface area (Å²) < 4.78 is 24.1. The molecule has 5 nitrogen and oxygen atoms in total. The van der Waals surface area contributed by atoms with E-state index in [0.717, 1.165) is 0 Å². The molecule has 116 valence electrons. The molecule has 0 bridgehead atoms. The largest absolute Gasteiger partial charge is 0.497 e. The summed E-state index contributed by atoms with van der Waals surface area (Å²) in [5, 5.41) is 2.45. The Bertz CT molecular complexity index is 659. The number of ether oxygens (including phenoxy) is 2. The molecule has 3 N–H and O–H groups in total. The molecule has 1 atom stereocenters. The highest BCUT2D eigenvalue weighted by Crippen LogP contribution is 2.20. The predicted octanol–water partition coefficient (Wildman–Crippen LogP) is 2.82. The van der Waals surface area contributed by atoms with Crippen LogP contribution in [0.25, 0.3) is 0 Å². The summed E-state index contributed by atoms with van der Waals surface area (Å²) in [7, 11) is 1.56. The van der Waals surface area contributed by atoms with Gasteiger partial charge < -0.3 is 20.5 Å². The number of nitrogen functional groups attached to an aromatic ring is 1. The van der Waals surface area contributed by atoms with Gasteiger partial charge in [-0.15, -0.1) is 0 Å². The van der Waals surface area contributed by atoms with Crippen LogP contribution in [-0.2, 0) is 4.79 Å². The Morgan fingerprint density at radius 1 is 1.18 bits per heavy atom. The van der Waals surface area contributed by atoms with Gasteiger partial charge in [0.25, 0.3) is 5.91 Å². The van der Waals surface area contributed by atoms with E-state index >= 15 is 0 Å². The van der Waals surface area contributed by atoms with Gasteiger partial charge in [-0.05, 0) is 49.4 Å². The van der Waals surface area contributed by atoms with Gasteiger partial charge in [-0.3, -0.25) is 4.79 Å². The maximum atomic E-state index is 13.6. The highest BCUT2D eigenvalue weighted by atomic mass is 19.1. The van der Waals surface area contributed by atoms with Crippen LogP contribution >= 0.6 is 0 Å². The average Bonchev–Trinajstić information content (AvgIpc) is 2.51. The quantitative estimate of drug-likeness (QED) is 0.833.